The summed E-state index contributed by atoms with van der Waals surface area (Å²) in [4.78, 5) is 14.7. The van der Waals surface area contributed by atoms with Crippen molar-refractivity contribution in [1.82, 2.24) is 10.2 Å². The van der Waals surface area contributed by atoms with E-state index in [1.54, 1.807) is 0 Å². The van der Waals surface area contributed by atoms with Gasteiger partial charge in [-0.05, 0) is 59.6 Å². The Labute approximate surface area is 180 Å². The zero-order valence-corrected chi connectivity index (χ0v) is 17.4. The van der Waals surface area contributed by atoms with E-state index in [1.165, 1.54) is 13.2 Å². The molecule has 0 atom stereocenters. The van der Waals surface area contributed by atoms with E-state index in [4.69, 9.17) is 4.74 Å². The normalized spacial score (nSPS) is 14.2. The number of amides is 1. The summed E-state index contributed by atoms with van der Waals surface area (Å²) in [5, 5.41) is 5.11. The van der Waals surface area contributed by atoms with Crippen LogP contribution >= 0.6 is 12.4 Å². The van der Waals surface area contributed by atoms with Gasteiger partial charge in [-0.15, -0.1) is 12.4 Å². The van der Waals surface area contributed by atoms with E-state index in [1.807, 2.05) is 41.3 Å². The number of carbonyl (C=O) groups excluding carboxylic acids is 1. The van der Waals surface area contributed by atoms with Crippen LogP contribution in [0.25, 0.3) is 21.9 Å². The highest BCUT2D eigenvalue weighted by Gasteiger charge is 2.18. The molecule has 4 nitrogen and oxygen atoms in total. The van der Waals surface area contributed by atoms with Gasteiger partial charge in [-0.1, -0.05) is 18.2 Å². The minimum Gasteiger partial charge on any atom is -0.493 e. The van der Waals surface area contributed by atoms with Gasteiger partial charge in [0.25, 0.3) is 5.91 Å². The maximum Gasteiger partial charge on any atom is 0.253 e. The van der Waals surface area contributed by atoms with Gasteiger partial charge in [-0.25, -0.2) is 4.39 Å². The third kappa shape index (κ3) is 4.25. The Hall–Kier alpha value is -2.70. The molecule has 4 rings (SSSR count). The van der Waals surface area contributed by atoms with Crippen molar-refractivity contribution >= 4 is 29.1 Å². The van der Waals surface area contributed by atoms with Crippen LogP contribution in [0.4, 0.5) is 8.78 Å². The maximum atomic E-state index is 14.1. The number of carbonyl (C=O) groups is 1. The molecular formula is C23H23ClF2N2O2. The van der Waals surface area contributed by atoms with Gasteiger partial charge in [0.1, 0.15) is 0 Å². The first-order valence-corrected chi connectivity index (χ1v) is 9.64. The molecule has 1 amide bonds. The standard InChI is InChI=1S/C23H22F2N2O2.ClH/c1-29-22-19(7-8-20(24)21(22)25)17-5-3-16-14-18(6-4-15(16)13-17)23(28)27-11-2-9-26-10-12-27;/h3-8,13-14,26H,2,9-12H2,1H3;1H. The fourth-order valence-corrected chi connectivity index (χ4v) is 3.74. The van der Waals surface area contributed by atoms with E-state index in [9.17, 15) is 13.6 Å². The quantitative estimate of drug-likeness (QED) is 0.655. The van der Waals surface area contributed by atoms with Crippen LogP contribution in [0, 0.1) is 11.6 Å². The summed E-state index contributed by atoms with van der Waals surface area (Å²) >= 11 is 0. The summed E-state index contributed by atoms with van der Waals surface area (Å²) in [6, 6.07) is 13.8. The fraction of sp³-hybridized carbons (Fsp3) is 0.261. The highest BCUT2D eigenvalue weighted by atomic mass is 35.5. The van der Waals surface area contributed by atoms with E-state index in [-0.39, 0.29) is 24.1 Å². The number of nitrogens with zero attached hydrogens (tertiary/aromatic N) is 1. The van der Waals surface area contributed by atoms with E-state index >= 15 is 0 Å². The maximum absolute atomic E-state index is 14.1. The molecule has 0 radical (unpaired) electrons. The van der Waals surface area contributed by atoms with Crippen molar-refractivity contribution in [2.75, 3.05) is 33.3 Å². The van der Waals surface area contributed by atoms with Crippen molar-refractivity contribution in [3.63, 3.8) is 0 Å². The van der Waals surface area contributed by atoms with Crippen LogP contribution < -0.4 is 10.1 Å². The Morgan fingerprint density at radius 1 is 1.00 bits per heavy atom. The largest absolute Gasteiger partial charge is 0.493 e. The molecule has 1 fully saturated rings. The number of fused-ring (bicyclic) bond motifs is 1. The molecule has 0 aliphatic carbocycles. The summed E-state index contributed by atoms with van der Waals surface area (Å²) in [5.74, 6) is -2.04. The molecule has 0 saturated carbocycles. The topological polar surface area (TPSA) is 41.6 Å². The molecule has 1 aliphatic heterocycles. The molecule has 1 aliphatic rings. The first kappa shape index (κ1) is 22.0. The number of ether oxygens (including phenoxy) is 1. The zero-order chi connectivity index (χ0) is 20.4. The molecule has 7 heteroatoms. The van der Waals surface area contributed by atoms with Crippen LogP contribution in [0.3, 0.4) is 0 Å². The van der Waals surface area contributed by atoms with Crippen molar-refractivity contribution in [2.24, 2.45) is 0 Å². The summed E-state index contributed by atoms with van der Waals surface area (Å²) in [5.41, 5.74) is 1.84. The Morgan fingerprint density at radius 3 is 2.57 bits per heavy atom. The smallest absolute Gasteiger partial charge is 0.253 e. The van der Waals surface area contributed by atoms with Gasteiger partial charge in [0, 0.05) is 30.8 Å². The molecule has 0 aromatic heterocycles. The first-order valence-electron chi connectivity index (χ1n) is 9.64. The molecule has 30 heavy (non-hydrogen) atoms. The van der Waals surface area contributed by atoms with Gasteiger partial charge >= 0.3 is 0 Å². The monoisotopic (exact) mass is 432 g/mol. The average molecular weight is 433 g/mol. The Morgan fingerprint density at radius 2 is 1.77 bits per heavy atom. The molecule has 1 heterocycles. The van der Waals surface area contributed by atoms with E-state index in [2.05, 4.69) is 5.32 Å². The summed E-state index contributed by atoms with van der Waals surface area (Å²) in [6.07, 6.45) is 0.943. The van der Waals surface area contributed by atoms with E-state index in [0.29, 0.717) is 23.2 Å². The lowest BCUT2D eigenvalue weighted by atomic mass is 9.98. The summed E-state index contributed by atoms with van der Waals surface area (Å²) in [6.45, 7) is 3.18. The number of hydrogen-bond acceptors (Lipinski definition) is 3. The van der Waals surface area contributed by atoms with Crippen LogP contribution in [-0.4, -0.2) is 44.1 Å². The van der Waals surface area contributed by atoms with Crippen molar-refractivity contribution in [2.45, 2.75) is 6.42 Å². The van der Waals surface area contributed by atoms with Crippen LogP contribution in [0.1, 0.15) is 16.8 Å². The Balaban J connectivity index is 0.00000256. The molecular weight excluding hydrogens is 410 g/mol. The number of rotatable bonds is 3. The summed E-state index contributed by atoms with van der Waals surface area (Å²) in [7, 11) is 1.32. The third-order valence-corrected chi connectivity index (χ3v) is 5.28. The fourth-order valence-electron chi connectivity index (χ4n) is 3.74. The second-order valence-corrected chi connectivity index (χ2v) is 7.11. The van der Waals surface area contributed by atoms with Crippen LogP contribution in [-0.2, 0) is 0 Å². The van der Waals surface area contributed by atoms with Crippen LogP contribution in [0.2, 0.25) is 0 Å². The number of hydrogen-bond donors (Lipinski definition) is 1. The van der Waals surface area contributed by atoms with Crippen molar-refractivity contribution < 1.29 is 18.3 Å². The second-order valence-electron chi connectivity index (χ2n) is 7.11. The Bertz CT molecular complexity index is 1070. The molecule has 0 bridgehead atoms. The minimum atomic E-state index is -1.00. The Kier molecular flexibility index (Phi) is 6.90. The van der Waals surface area contributed by atoms with Gasteiger partial charge in [0.05, 0.1) is 7.11 Å². The number of benzene rings is 3. The lowest BCUT2D eigenvalue weighted by Crippen LogP contribution is -2.34. The van der Waals surface area contributed by atoms with Gasteiger partial charge in [-0.2, -0.15) is 4.39 Å². The minimum absolute atomic E-state index is 0. The van der Waals surface area contributed by atoms with Gasteiger partial charge in [-0.3, -0.25) is 4.79 Å². The van der Waals surface area contributed by atoms with Crippen LogP contribution in [0.15, 0.2) is 48.5 Å². The molecule has 0 unspecified atom stereocenters. The SMILES string of the molecule is COc1c(-c2ccc3cc(C(=O)N4CCCNCC4)ccc3c2)ccc(F)c1F.Cl. The predicted molar refractivity (Wildman–Crippen MR) is 116 cm³/mol. The average Bonchev–Trinajstić information content (AvgIpc) is 3.04. The van der Waals surface area contributed by atoms with Crippen LogP contribution in [0.5, 0.6) is 5.75 Å². The predicted octanol–water partition coefficient (Wildman–Crippen LogP) is 4.65. The summed E-state index contributed by atoms with van der Waals surface area (Å²) < 4.78 is 32.7. The molecule has 158 valence electrons. The van der Waals surface area contributed by atoms with Gasteiger partial charge in [0.2, 0.25) is 5.82 Å². The molecule has 0 spiro atoms. The molecule has 1 N–H and O–H groups in total. The number of nitrogens with one attached hydrogen (secondary N) is 1. The van der Waals surface area contributed by atoms with E-state index < -0.39 is 11.6 Å². The molecule has 1 saturated heterocycles. The van der Waals surface area contributed by atoms with Crippen molar-refractivity contribution in [3.8, 4) is 16.9 Å². The first-order chi connectivity index (χ1) is 14.1. The number of methoxy groups -OCH3 is 1. The lowest BCUT2D eigenvalue weighted by Gasteiger charge is -2.20. The lowest BCUT2D eigenvalue weighted by molar-refractivity contribution is 0.0766. The molecule has 3 aromatic rings. The third-order valence-electron chi connectivity index (χ3n) is 5.28. The van der Waals surface area contributed by atoms with E-state index in [0.717, 1.165) is 42.9 Å². The highest BCUT2D eigenvalue weighted by molar-refractivity contribution is 5.99. The van der Waals surface area contributed by atoms with Crippen molar-refractivity contribution in [3.05, 3.63) is 65.7 Å². The molecule has 3 aromatic carbocycles. The zero-order valence-electron chi connectivity index (χ0n) is 16.6. The second kappa shape index (κ2) is 9.41. The van der Waals surface area contributed by atoms with Crippen molar-refractivity contribution in [1.29, 1.82) is 0 Å². The van der Waals surface area contributed by atoms with Gasteiger partial charge < -0.3 is 15.0 Å². The highest BCUT2D eigenvalue weighted by Crippen LogP contribution is 2.35. The number of halogens is 3. The van der Waals surface area contributed by atoms with Gasteiger partial charge in [0.15, 0.2) is 11.6 Å².